The molecule has 140 valence electrons. The third kappa shape index (κ3) is 5.40. The van der Waals surface area contributed by atoms with Crippen molar-refractivity contribution in [2.24, 2.45) is 0 Å². The molecule has 0 aliphatic carbocycles. The summed E-state index contributed by atoms with van der Waals surface area (Å²) in [5.74, 6) is 0.327. The van der Waals surface area contributed by atoms with Gasteiger partial charge in [-0.1, -0.05) is 0 Å². The van der Waals surface area contributed by atoms with Crippen molar-refractivity contribution in [1.29, 1.82) is 0 Å². The number of imidazole rings is 1. The molecule has 0 aromatic carbocycles. The highest BCUT2D eigenvalue weighted by Gasteiger charge is 2.28. The van der Waals surface area contributed by atoms with E-state index in [1.807, 2.05) is 0 Å². The molecule has 0 fully saturated rings. The van der Waals surface area contributed by atoms with Crippen LogP contribution in [0.25, 0.3) is 11.2 Å². The van der Waals surface area contributed by atoms with E-state index in [0.29, 0.717) is 29.2 Å². The van der Waals surface area contributed by atoms with Crippen LogP contribution in [-0.2, 0) is 24.9 Å². The molecule has 0 atom stereocenters. The van der Waals surface area contributed by atoms with Gasteiger partial charge in [0.25, 0.3) is 0 Å². The average molecular weight is 371 g/mol. The Morgan fingerprint density at radius 1 is 1.20 bits per heavy atom. The number of hydrogen-bond acceptors (Lipinski definition) is 8. The predicted octanol–water partition coefficient (Wildman–Crippen LogP) is 2.61. The van der Waals surface area contributed by atoms with Gasteiger partial charge in [0.15, 0.2) is 5.65 Å². The average Bonchev–Trinajstić information content (AvgIpc) is 2.85. The lowest BCUT2D eigenvalue weighted by Gasteiger charge is -2.22. The van der Waals surface area contributed by atoms with E-state index in [4.69, 9.17) is 25.3 Å². The number of nitrogens with zero attached hydrogens (tertiary/aromatic N) is 3. The molecule has 10 heteroatoms. The second kappa shape index (κ2) is 8.14. The van der Waals surface area contributed by atoms with E-state index in [2.05, 4.69) is 9.97 Å². The molecular weight excluding hydrogens is 345 g/mol. The van der Waals surface area contributed by atoms with E-state index < -0.39 is 7.60 Å². The summed E-state index contributed by atoms with van der Waals surface area (Å²) in [6, 6.07) is 1.57. The van der Waals surface area contributed by atoms with Crippen molar-refractivity contribution in [3.05, 3.63) is 12.4 Å². The van der Waals surface area contributed by atoms with Crippen molar-refractivity contribution in [2.45, 2.75) is 46.4 Å². The van der Waals surface area contributed by atoms with Crippen LogP contribution in [0.2, 0.25) is 0 Å². The van der Waals surface area contributed by atoms with Crippen LogP contribution >= 0.6 is 7.60 Å². The molecule has 2 aromatic heterocycles. The van der Waals surface area contributed by atoms with Crippen molar-refractivity contribution in [3.8, 4) is 0 Å². The molecule has 2 rings (SSSR count). The number of aromatic nitrogens is 3. The van der Waals surface area contributed by atoms with Crippen molar-refractivity contribution in [2.75, 3.05) is 24.4 Å². The summed E-state index contributed by atoms with van der Waals surface area (Å²) in [4.78, 5) is 8.47. The number of ether oxygens (including phenoxy) is 1. The molecule has 25 heavy (non-hydrogen) atoms. The van der Waals surface area contributed by atoms with Gasteiger partial charge in [0.05, 0.1) is 30.8 Å². The maximum absolute atomic E-state index is 12.7. The van der Waals surface area contributed by atoms with E-state index in [9.17, 15) is 4.57 Å². The van der Waals surface area contributed by atoms with Crippen LogP contribution in [0.15, 0.2) is 12.4 Å². The first kappa shape index (κ1) is 19.7. The first-order chi connectivity index (χ1) is 11.7. The highest BCUT2D eigenvalue weighted by molar-refractivity contribution is 7.53. The number of rotatable bonds is 9. The van der Waals surface area contributed by atoms with E-state index >= 15 is 0 Å². The van der Waals surface area contributed by atoms with Crippen molar-refractivity contribution in [1.82, 2.24) is 14.5 Å². The van der Waals surface area contributed by atoms with E-state index in [0.717, 1.165) is 0 Å². The summed E-state index contributed by atoms with van der Waals surface area (Å²) in [6.07, 6.45) is 1.06. The van der Waals surface area contributed by atoms with E-state index in [1.54, 1.807) is 44.7 Å². The van der Waals surface area contributed by atoms with Crippen LogP contribution in [0.5, 0.6) is 0 Å². The van der Waals surface area contributed by atoms with Gasteiger partial charge in [0.2, 0.25) is 0 Å². The Bertz CT molecular complexity index is 748. The minimum atomic E-state index is -3.30. The minimum Gasteiger partial charge on any atom is -0.397 e. The highest BCUT2D eigenvalue weighted by Crippen LogP contribution is 2.50. The molecule has 0 radical (unpaired) electrons. The molecule has 0 saturated heterocycles. The monoisotopic (exact) mass is 371 g/mol. The number of pyridine rings is 1. The zero-order valence-corrected chi connectivity index (χ0v) is 15.9. The number of fused-ring (bicyclic) bond motifs is 1. The smallest absolute Gasteiger partial charge is 0.356 e. The Labute approximate surface area is 147 Å². The lowest BCUT2D eigenvalue weighted by molar-refractivity contribution is 0.0961. The van der Waals surface area contributed by atoms with Crippen LogP contribution in [0.4, 0.5) is 11.5 Å². The molecule has 0 aliphatic rings. The van der Waals surface area contributed by atoms with Crippen molar-refractivity contribution < 1.29 is 18.3 Å². The van der Waals surface area contributed by atoms with Gasteiger partial charge in [0, 0.05) is 12.6 Å². The lowest BCUT2D eigenvalue weighted by Crippen LogP contribution is -2.13. The van der Waals surface area contributed by atoms with Gasteiger partial charge in [-0.15, -0.1) is 0 Å². The standard InChI is InChI=1S/C15H26N5O4P/c1-10(2)23-25(21,24-11(3)4)9-22-6-5-20-8-18-14-12(16)7-13(17)19-15(14)20/h7-8,10-11H,5-6,9H2,1-4H3,(H4,16,17,19). The Balaban J connectivity index is 1.97. The number of anilines is 2. The molecular formula is C15H26N5O4P. The SMILES string of the molecule is CC(C)OP(=O)(COCCn1cnc2c(N)cc(N)nc21)OC(C)C. The molecule has 0 aliphatic heterocycles. The number of nitrogen functional groups attached to an aromatic ring is 2. The highest BCUT2D eigenvalue weighted by atomic mass is 31.2. The fourth-order valence-corrected chi connectivity index (χ4v) is 4.12. The second-order valence-electron chi connectivity index (χ2n) is 6.20. The fraction of sp³-hybridized carbons (Fsp3) is 0.600. The first-order valence-electron chi connectivity index (χ1n) is 8.10. The van der Waals surface area contributed by atoms with Gasteiger partial charge in [-0.2, -0.15) is 0 Å². The van der Waals surface area contributed by atoms with Gasteiger partial charge in [0.1, 0.15) is 17.7 Å². The van der Waals surface area contributed by atoms with E-state index in [-0.39, 0.29) is 25.2 Å². The third-order valence-electron chi connectivity index (χ3n) is 3.09. The molecule has 0 bridgehead atoms. The van der Waals surface area contributed by atoms with Crippen LogP contribution in [0, 0.1) is 0 Å². The van der Waals surface area contributed by atoms with Crippen LogP contribution in [-0.4, -0.2) is 39.7 Å². The quantitative estimate of drug-likeness (QED) is 0.508. The number of hydrogen-bond donors (Lipinski definition) is 2. The zero-order chi connectivity index (χ0) is 18.6. The van der Waals surface area contributed by atoms with Gasteiger partial charge >= 0.3 is 7.60 Å². The molecule has 2 heterocycles. The molecule has 0 amide bonds. The van der Waals surface area contributed by atoms with Crippen LogP contribution in [0.1, 0.15) is 27.7 Å². The predicted molar refractivity (Wildman–Crippen MR) is 97.2 cm³/mol. The first-order valence-corrected chi connectivity index (χ1v) is 9.83. The fourth-order valence-electron chi connectivity index (χ4n) is 2.31. The van der Waals surface area contributed by atoms with Crippen LogP contribution in [0.3, 0.4) is 0 Å². The molecule has 9 nitrogen and oxygen atoms in total. The zero-order valence-electron chi connectivity index (χ0n) is 15.0. The molecule has 0 spiro atoms. The van der Waals surface area contributed by atoms with Gasteiger partial charge < -0.3 is 29.8 Å². The summed E-state index contributed by atoms with van der Waals surface area (Å²) < 4.78 is 30.8. The topological polar surface area (TPSA) is 128 Å². The summed E-state index contributed by atoms with van der Waals surface area (Å²) in [7, 11) is -3.30. The molecule has 0 unspecified atom stereocenters. The maximum atomic E-state index is 12.7. The summed E-state index contributed by atoms with van der Waals surface area (Å²) in [5.41, 5.74) is 13.2. The summed E-state index contributed by atoms with van der Waals surface area (Å²) in [6.45, 7) is 7.94. The maximum Gasteiger partial charge on any atom is 0.356 e. The summed E-state index contributed by atoms with van der Waals surface area (Å²) in [5, 5.41) is 0. The normalized spacial score (nSPS) is 12.6. The Hall–Kier alpha value is -1.67. The van der Waals surface area contributed by atoms with Gasteiger partial charge in [-0.25, -0.2) is 9.97 Å². The molecule has 0 saturated carbocycles. The van der Waals surface area contributed by atoms with Crippen molar-refractivity contribution >= 4 is 30.3 Å². The lowest BCUT2D eigenvalue weighted by atomic mass is 10.3. The molecule has 2 aromatic rings. The minimum absolute atomic E-state index is 0.117. The molecule has 4 N–H and O–H groups in total. The Morgan fingerprint density at radius 3 is 2.44 bits per heavy atom. The van der Waals surface area contributed by atoms with Crippen molar-refractivity contribution in [3.63, 3.8) is 0 Å². The largest absolute Gasteiger partial charge is 0.397 e. The van der Waals surface area contributed by atoms with E-state index in [1.165, 1.54) is 0 Å². The Kier molecular flexibility index (Phi) is 6.40. The summed E-state index contributed by atoms with van der Waals surface area (Å²) >= 11 is 0. The Morgan fingerprint density at radius 2 is 1.84 bits per heavy atom. The number of nitrogens with two attached hydrogens (primary N) is 2. The third-order valence-corrected chi connectivity index (χ3v) is 5.08. The van der Waals surface area contributed by atoms with Gasteiger partial charge in [-0.05, 0) is 27.7 Å². The second-order valence-corrected chi connectivity index (χ2v) is 8.10. The van der Waals surface area contributed by atoms with Crippen LogP contribution < -0.4 is 11.5 Å². The van der Waals surface area contributed by atoms with Gasteiger partial charge in [-0.3, -0.25) is 4.57 Å².